The molecule has 126 valence electrons. The van der Waals surface area contributed by atoms with E-state index in [1.165, 1.54) is 18.2 Å². The molecule has 0 radical (unpaired) electrons. The van der Waals surface area contributed by atoms with Crippen LogP contribution in [0.1, 0.15) is 31.2 Å². The molecule has 1 saturated carbocycles. The average Bonchev–Trinajstić information content (AvgIpc) is 2.46. The maximum atomic E-state index is 12.8. The first-order valence-electron chi connectivity index (χ1n) is 7.35. The van der Waals surface area contributed by atoms with Crippen LogP contribution in [0.4, 0.5) is 18.9 Å². The number of nitrogens with zero attached hydrogens (tertiary/aromatic N) is 1. The SMILES string of the molecule is O=C(Cc1ccccc1[N+](=O)[O-])N[C@H]1CCC[C@H](C(F)(F)F)C1. The molecular formula is C15H17F3N2O3. The van der Waals surface area contributed by atoms with E-state index in [4.69, 9.17) is 0 Å². The molecule has 1 aromatic rings. The Morgan fingerprint density at radius 1 is 1.30 bits per heavy atom. The molecule has 0 aliphatic heterocycles. The summed E-state index contributed by atoms with van der Waals surface area (Å²) in [7, 11) is 0. The Labute approximate surface area is 131 Å². The molecule has 2 atom stereocenters. The van der Waals surface area contributed by atoms with Crippen LogP contribution < -0.4 is 5.32 Å². The Bertz CT molecular complexity index is 590. The Morgan fingerprint density at radius 2 is 2.00 bits per heavy atom. The number of para-hydroxylation sites is 1. The summed E-state index contributed by atoms with van der Waals surface area (Å²) in [6.45, 7) is 0. The van der Waals surface area contributed by atoms with Crippen LogP contribution in [-0.4, -0.2) is 23.0 Å². The summed E-state index contributed by atoms with van der Waals surface area (Å²) in [5.74, 6) is -1.89. The Kier molecular flexibility index (Phi) is 5.23. The molecule has 1 aliphatic carbocycles. The number of rotatable bonds is 4. The van der Waals surface area contributed by atoms with Crippen molar-refractivity contribution in [3.05, 3.63) is 39.9 Å². The van der Waals surface area contributed by atoms with Crippen LogP contribution in [0.5, 0.6) is 0 Å². The van der Waals surface area contributed by atoms with Crippen LogP contribution in [-0.2, 0) is 11.2 Å². The second-order valence-electron chi connectivity index (χ2n) is 5.73. The summed E-state index contributed by atoms with van der Waals surface area (Å²) >= 11 is 0. The van der Waals surface area contributed by atoms with Gasteiger partial charge in [0.2, 0.25) is 5.91 Å². The van der Waals surface area contributed by atoms with Crippen LogP contribution in [0.15, 0.2) is 24.3 Å². The molecule has 1 fully saturated rings. The van der Waals surface area contributed by atoms with E-state index in [1.54, 1.807) is 6.07 Å². The van der Waals surface area contributed by atoms with E-state index in [1.807, 2.05) is 0 Å². The normalized spacial score (nSPS) is 21.7. The van der Waals surface area contributed by atoms with E-state index in [2.05, 4.69) is 5.32 Å². The second-order valence-corrected chi connectivity index (χ2v) is 5.73. The molecule has 8 heteroatoms. The highest BCUT2D eigenvalue weighted by atomic mass is 19.4. The van der Waals surface area contributed by atoms with E-state index in [0.717, 1.165) is 0 Å². The van der Waals surface area contributed by atoms with Crippen LogP contribution in [0, 0.1) is 16.0 Å². The van der Waals surface area contributed by atoms with Crippen LogP contribution >= 0.6 is 0 Å². The lowest BCUT2D eigenvalue weighted by atomic mass is 9.85. The number of nitrogens with one attached hydrogen (secondary N) is 1. The van der Waals surface area contributed by atoms with E-state index < -0.39 is 29.0 Å². The zero-order valence-corrected chi connectivity index (χ0v) is 12.3. The minimum absolute atomic E-state index is 0.0834. The highest BCUT2D eigenvalue weighted by Crippen LogP contribution is 2.37. The number of hydrogen-bond donors (Lipinski definition) is 1. The van der Waals surface area contributed by atoms with E-state index in [-0.39, 0.29) is 30.5 Å². The van der Waals surface area contributed by atoms with Crippen molar-refractivity contribution in [3.63, 3.8) is 0 Å². The molecule has 23 heavy (non-hydrogen) atoms. The van der Waals surface area contributed by atoms with Crippen molar-refractivity contribution < 1.29 is 22.9 Å². The van der Waals surface area contributed by atoms with Crippen LogP contribution in [0.3, 0.4) is 0 Å². The third-order valence-corrected chi connectivity index (χ3v) is 4.04. The summed E-state index contributed by atoms with van der Waals surface area (Å²) < 4.78 is 38.3. The number of nitro benzene ring substituents is 1. The van der Waals surface area contributed by atoms with Gasteiger partial charge in [-0.15, -0.1) is 0 Å². The van der Waals surface area contributed by atoms with Gasteiger partial charge in [-0.3, -0.25) is 14.9 Å². The molecule has 0 bridgehead atoms. The lowest BCUT2D eigenvalue weighted by Gasteiger charge is -2.31. The molecule has 0 saturated heterocycles. The van der Waals surface area contributed by atoms with Gasteiger partial charge in [0.05, 0.1) is 17.3 Å². The fraction of sp³-hybridized carbons (Fsp3) is 0.533. The summed E-state index contributed by atoms with van der Waals surface area (Å²) in [4.78, 5) is 22.3. The molecule has 1 N–H and O–H groups in total. The third-order valence-electron chi connectivity index (χ3n) is 4.04. The fourth-order valence-electron chi connectivity index (χ4n) is 2.91. The number of alkyl halides is 3. The Balaban J connectivity index is 1.96. The standard InChI is InChI=1S/C15H17F3N2O3/c16-15(17,18)11-5-3-6-12(9-11)19-14(21)8-10-4-1-2-7-13(10)20(22)23/h1-2,4,7,11-12H,3,5-6,8-9H2,(H,19,21)/t11-,12-/m0/s1. The first-order chi connectivity index (χ1) is 10.8. The molecule has 1 aromatic carbocycles. The number of hydrogen-bond acceptors (Lipinski definition) is 3. The number of amides is 1. The minimum Gasteiger partial charge on any atom is -0.353 e. The molecular weight excluding hydrogens is 313 g/mol. The van der Waals surface area contributed by atoms with Gasteiger partial charge in [0.1, 0.15) is 0 Å². The van der Waals surface area contributed by atoms with Crippen molar-refractivity contribution in [2.24, 2.45) is 5.92 Å². The number of carbonyl (C=O) groups excluding carboxylic acids is 1. The summed E-state index contributed by atoms with van der Waals surface area (Å²) in [5.41, 5.74) is 0.0812. The molecule has 1 amide bonds. The third kappa shape index (κ3) is 4.67. The highest BCUT2D eigenvalue weighted by molar-refractivity contribution is 5.80. The monoisotopic (exact) mass is 330 g/mol. The van der Waals surface area contributed by atoms with Gasteiger partial charge in [-0.25, -0.2) is 0 Å². The average molecular weight is 330 g/mol. The van der Waals surface area contributed by atoms with Crippen LogP contribution in [0.2, 0.25) is 0 Å². The van der Waals surface area contributed by atoms with E-state index >= 15 is 0 Å². The van der Waals surface area contributed by atoms with Gasteiger partial charge in [0.15, 0.2) is 0 Å². The molecule has 1 aliphatic rings. The second kappa shape index (κ2) is 6.97. The first kappa shape index (κ1) is 17.2. The topological polar surface area (TPSA) is 72.2 Å². The molecule has 0 unspecified atom stereocenters. The van der Waals surface area contributed by atoms with Gasteiger partial charge in [-0.05, 0) is 19.3 Å². The van der Waals surface area contributed by atoms with Gasteiger partial charge < -0.3 is 5.32 Å². The Hall–Kier alpha value is -2.12. The lowest BCUT2D eigenvalue weighted by Crippen LogP contribution is -2.42. The molecule has 0 spiro atoms. The number of halogens is 3. The van der Waals surface area contributed by atoms with Crippen molar-refractivity contribution in [1.29, 1.82) is 0 Å². The molecule has 5 nitrogen and oxygen atoms in total. The largest absolute Gasteiger partial charge is 0.391 e. The number of nitro groups is 1. The van der Waals surface area contributed by atoms with Crippen molar-refractivity contribution in [2.45, 2.75) is 44.3 Å². The van der Waals surface area contributed by atoms with Gasteiger partial charge in [0.25, 0.3) is 5.69 Å². The smallest absolute Gasteiger partial charge is 0.353 e. The minimum atomic E-state index is -4.25. The van der Waals surface area contributed by atoms with Crippen molar-refractivity contribution >= 4 is 11.6 Å². The zero-order chi connectivity index (χ0) is 17.0. The zero-order valence-electron chi connectivity index (χ0n) is 12.3. The summed E-state index contributed by atoms with van der Waals surface area (Å²) in [6, 6.07) is 5.30. The summed E-state index contributed by atoms with van der Waals surface area (Å²) in [5, 5.41) is 13.5. The quantitative estimate of drug-likeness (QED) is 0.679. The Morgan fingerprint density at radius 3 is 2.65 bits per heavy atom. The van der Waals surface area contributed by atoms with Crippen LogP contribution in [0.25, 0.3) is 0 Å². The van der Waals surface area contributed by atoms with Gasteiger partial charge in [0, 0.05) is 17.7 Å². The van der Waals surface area contributed by atoms with Gasteiger partial charge in [-0.2, -0.15) is 13.2 Å². The molecule has 2 rings (SSSR count). The fourth-order valence-corrected chi connectivity index (χ4v) is 2.91. The predicted molar refractivity (Wildman–Crippen MR) is 76.7 cm³/mol. The number of carbonyl (C=O) groups is 1. The maximum Gasteiger partial charge on any atom is 0.391 e. The lowest BCUT2D eigenvalue weighted by molar-refractivity contribution is -0.385. The summed E-state index contributed by atoms with van der Waals surface area (Å²) in [6.07, 6.45) is -3.62. The highest BCUT2D eigenvalue weighted by Gasteiger charge is 2.42. The maximum absolute atomic E-state index is 12.8. The van der Waals surface area contributed by atoms with Crippen molar-refractivity contribution in [3.8, 4) is 0 Å². The van der Waals surface area contributed by atoms with Crippen molar-refractivity contribution in [1.82, 2.24) is 5.32 Å². The molecule has 0 heterocycles. The first-order valence-corrected chi connectivity index (χ1v) is 7.35. The number of benzene rings is 1. The van der Waals surface area contributed by atoms with E-state index in [9.17, 15) is 28.1 Å². The van der Waals surface area contributed by atoms with Gasteiger partial charge in [-0.1, -0.05) is 24.6 Å². The van der Waals surface area contributed by atoms with Gasteiger partial charge >= 0.3 is 6.18 Å². The molecule has 0 aromatic heterocycles. The predicted octanol–water partition coefficient (Wildman–Crippen LogP) is 3.37. The van der Waals surface area contributed by atoms with E-state index in [0.29, 0.717) is 12.8 Å². The van der Waals surface area contributed by atoms with Crippen molar-refractivity contribution in [2.75, 3.05) is 0 Å².